The van der Waals surface area contributed by atoms with Crippen LogP contribution in [0.25, 0.3) is 5.57 Å². The van der Waals surface area contributed by atoms with E-state index in [1.165, 1.54) is 55.2 Å². The fraction of sp³-hybridized carbons (Fsp3) is 0.550. The van der Waals surface area contributed by atoms with Crippen molar-refractivity contribution in [3.05, 3.63) is 41.0 Å². The number of rotatable bonds is 8. The average Bonchev–Trinajstić information content (AvgIpc) is 2.94. The van der Waals surface area contributed by atoms with Gasteiger partial charge in [0.2, 0.25) is 0 Å². The second-order valence-corrected chi connectivity index (χ2v) is 6.33. The molecule has 0 aromatic heterocycles. The Hall–Kier alpha value is -1.57. The van der Waals surface area contributed by atoms with Crippen LogP contribution in [0.15, 0.2) is 35.0 Å². The molecule has 2 nitrogen and oxygen atoms in total. The topological polar surface area (TPSA) is 32.6 Å². The van der Waals surface area contributed by atoms with Crippen LogP contribution < -0.4 is 0 Å². The van der Waals surface area contributed by atoms with E-state index in [0.29, 0.717) is 0 Å². The smallest absolute Gasteiger partial charge is 0.0511 e. The SMILES string of the molecule is CCCCC1=C(c2ccc(CCCC)cc2)C(C=NO)CC1. The first-order chi connectivity index (χ1) is 10.8. The maximum atomic E-state index is 8.94. The normalized spacial score (nSPS) is 18.5. The number of nitrogens with zero attached hydrogens (tertiary/aromatic N) is 1. The van der Waals surface area contributed by atoms with Crippen LogP contribution in [0.2, 0.25) is 0 Å². The summed E-state index contributed by atoms with van der Waals surface area (Å²) < 4.78 is 0. The van der Waals surface area contributed by atoms with Crippen molar-refractivity contribution in [1.82, 2.24) is 0 Å². The Morgan fingerprint density at radius 1 is 1.09 bits per heavy atom. The van der Waals surface area contributed by atoms with Crippen molar-refractivity contribution < 1.29 is 5.21 Å². The Kier molecular flexibility index (Phi) is 6.70. The van der Waals surface area contributed by atoms with Crippen molar-refractivity contribution in [2.75, 3.05) is 0 Å². The summed E-state index contributed by atoms with van der Waals surface area (Å²) in [4.78, 5) is 0. The molecule has 1 N–H and O–H groups in total. The van der Waals surface area contributed by atoms with E-state index in [1.807, 2.05) is 0 Å². The van der Waals surface area contributed by atoms with Gasteiger partial charge in [0.25, 0.3) is 0 Å². The van der Waals surface area contributed by atoms with Gasteiger partial charge >= 0.3 is 0 Å². The van der Waals surface area contributed by atoms with Crippen molar-refractivity contribution in [2.45, 2.75) is 65.2 Å². The molecular formula is C20H29NO. The molecule has 0 heterocycles. The first-order valence-electron chi connectivity index (χ1n) is 8.78. The monoisotopic (exact) mass is 299 g/mol. The molecule has 0 bridgehead atoms. The van der Waals surface area contributed by atoms with Gasteiger partial charge in [-0.2, -0.15) is 0 Å². The fourth-order valence-electron chi connectivity index (χ4n) is 3.40. The molecule has 0 saturated heterocycles. The highest BCUT2D eigenvalue weighted by molar-refractivity contribution is 5.86. The molecule has 0 amide bonds. The standard InChI is InChI=1S/C20H29NO/c1-3-5-7-16-9-11-18(12-10-16)20-17(8-6-4-2)13-14-19(20)15-21-22/h9-12,15,19,22H,3-8,13-14H2,1-2H3. The predicted molar refractivity (Wildman–Crippen MR) is 94.5 cm³/mol. The maximum absolute atomic E-state index is 8.94. The van der Waals surface area contributed by atoms with E-state index in [1.54, 1.807) is 11.8 Å². The molecule has 2 rings (SSSR count). The molecule has 1 unspecified atom stereocenters. The first-order valence-corrected chi connectivity index (χ1v) is 8.78. The summed E-state index contributed by atoms with van der Waals surface area (Å²) in [5, 5.41) is 12.2. The minimum absolute atomic E-state index is 0.276. The lowest BCUT2D eigenvalue weighted by molar-refractivity contribution is 0.319. The van der Waals surface area contributed by atoms with Crippen LogP contribution in [-0.2, 0) is 6.42 Å². The summed E-state index contributed by atoms with van der Waals surface area (Å²) in [5.41, 5.74) is 5.71. The van der Waals surface area contributed by atoms with Crippen LogP contribution >= 0.6 is 0 Å². The van der Waals surface area contributed by atoms with E-state index in [4.69, 9.17) is 5.21 Å². The third kappa shape index (κ3) is 4.22. The fourth-order valence-corrected chi connectivity index (χ4v) is 3.40. The first kappa shape index (κ1) is 16.8. The van der Waals surface area contributed by atoms with Crippen LogP contribution in [0.1, 0.15) is 69.9 Å². The van der Waals surface area contributed by atoms with Crippen LogP contribution in [0, 0.1) is 5.92 Å². The molecule has 1 aliphatic rings. The Balaban J connectivity index is 2.23. The zero-order valence-corrected chi connectivity index (χ0v) is 14.0. The Morgan fingerprint density at radius 2 is 1.77 bits per heavy atom. The van der Waals surface area contributed by atoms with Gasteiger partial charge in [0.15, 0.2) is 0 Å². The Morgan fingerprint density at radius 3 is 2.41 bits per heavy atom. The highest BCUT2D eigenvalue weighted by atomic mass is 16.4. The molecule has 1 aliphatic carbocycles. The maximum Gasteiger partial charge on any atom is 0.0511 e. The molecule has 0 spiro atoms. The van der Waals surface area contributed by atoms with Gasteiger partial charge in [0.05, 0.1) is 6.21 Å². The van der Waals surface area contributed by atoms with Crippen LogP contribution in [-0.4, -0.2) is 11.4 Å². The van der Waals surface area contributed by atoms with Crippen molar-refractivity contribution in [3.8, 4) is 0 Å². The summed E-state index contributed by atoms with van der Waals surface area (Å²) in [5.74, 6) is 0.276. The number of hydrogen-bond acceptors (Lipinski definition) is 2. The largest absolute Gasteiger partial charge is 0.411 e. The van der Waals surface area contributed by atoms with Crippen LogP contribution in [0.3, 0.4) is 0 Å². The van der Waals surface area contributed by atoms with E-state index < -0.39 is 0 Å². The third-order valence-electron chi connectivity index (χ3n) is 4.67. The van der Waals surface area contributed by atoms with Crippen LogP contribution in [0.5, 0.6) is 0 Å². The van der Waals surface area contributed by atoms with Crippen molar-refractivity contribution in [3.63, 3.8) is 0 Å². The number of aryl methyl sites for hydroxylation is 1. The Labute approximate surface area is 134 Å². The molecule has 0 saturated carbocycles. The summed E-state index contributed by atoms with van der Waals surface area (Å²) in [6, 6.07) is 9.05. The summed E-state index contributed by atoms with van der Waals surface area (Å²) in [6.45, 7) is 4.47. The molecule has 1 aromatic carbocycles. The average molecular weight is 299 g/mol. The third-order valence-corrected chi connectivity index (χ3v) is 4.67. The van der Waals surface area contributed by atoms with E-state index in [2.05, 4.69) is 43.3 Å². The van der Waals surface area contributed by atoms with E-state index in [9.17, 15) is 0 Å². The molecule has 22 heavy (non-hydrogen) atoms. The lowest BCUT2D eigenvalue weighted by atomic mass is 9.92. The predicted octanol–water partition coefficient (Wildman–Crippen LogP) is 5.84. The zero-order valence-electron chi connectivity index (χ0n) is 14.0. The quantitative estimate of drug-likeness (QED) is 0.365. The Bertz CT molecular complexity index is 513. The molecule has 1 aromatic rings. The second-order valence-electron chi connectivity index (χ2n) is 6.33. The van der Waals surface area contributed by atoms with Gasteiger partial charge in [-0.25, -0.2) is 0 Å². The summed E-state index contributed by atoms with van der Waals surface area (Å²) >= 11 is 0. The van der Waals surface area contributed by atoms with Gasteiger partial charge in [-0.3, -0.25) is 0 Å². The van der Waals surface area contributed by atoms with Gasteiger partial charge in [0.1, 0.15) is 0 Å². The lowest BCUT2D eigenvalue weighted by Gasteiger charge is -2.13. The molecule has 2 heteroatoms. The number of hydrogen-bond donors (Lipinski definition) is 1. The highest BCUT2D eigenvalue weighted by Gasteiger charge is 2.25. The minimum Gasteiger partial charge on any atom is -0.411 e. The number of allylic oxidation sites excluding steroid dienone is 2. The van der Waals surface area contributed by atoms with Crippen molar-refractivity contribution in [1.29, 1.82) is 0 Å². The number of oxime groups is 1. The highest BCUT2D eigenvalue weighted by Crippen LogP contribution is 2.40. The molecule has 1 atom stereocenters. The van der Waals surface area contributed by atoms with E-state index in [-0.39, 0.29) is 5.92 Å². The molecule has 0 fully saturated rings. The zero-order chi connectivity index (χ0) is 15.8. The molecular weight excluding hydrogens is 270 g/mol. The van der Waals surface area contributed by atoms with Gasteiger partial charge in [-0.15, -0.1) is 5.16 Å². The van der Waals surface area contributed by atoms with Gasteiger partial charge in [-0.1, -0.05) is 56.5 Å². The van der Waals surface area contributed by atoms with E-state index in [0.717, 1.165) is 12.8 Å². The van der Waals surface area contributed by atoms with Gasteiger partial charge in [-0.05, 0) is 55.2 Å². The summed E-state index contributed by atoms with van der Waals surface area (Å²) in [7, 11) is 0. The summed E-state index contributed by atoms with van der Waals surface area (Å²) in [6.07, 6.45) is 11.2. The van der Waals surface area contributed by atoms with Crippen molar-refractivity contribution >= 4 is 11.8 Å². The lowest BCUT2D eigenvalue weighted by Crippen LogP contribution is -2.01. The molecule has 120 valence electrons. The van der Waals surface area contributed by atoms with Gasteiger partial charge < -0.3 is 5.21 Å². The minimum atomic E-state index is 0.276. The van der Waals surface area contributed by atoms with E-state index >= 15 is 0 Å². The van der Waals surface area contributed by atoms with Crippen molar-refractivity contribution in [2.24, 2.45) is 11.1 Å². The molecule has 0 radical (unpaired) electrons. The van der Waals surface area contributed by atoms with Crippen LogP contribution in [0.4, 0.5) is 0 Å². The second kappa shape index (κ2) is 8.77. The molecule has 0 aliphatic heterocycles. The van der Waals surface area contributed by atoms with Gasteiger partial charge in [0, 0.05) is 5.92 Å². The number of benzene rings is 1. The number of unbranched alkanes of at least 4 members (excludes halogenated alkanes) is 2.